The van der Waals surface area contributed by atoms with Gasteiger partial charge in [0, 0.05) is 6.42 Å². The first-order valence-corrected chi connectivity index (χ1v) is 5.87. The summed E-state index contributed by atoms with van der Waals surface area (Å²) in [6.07, 6.45) is -4.72. The van der Waals surface area contributed by atoms with E-state index in [1.165, 1.54) is 6.92 Å². The Balaban J connectivity index is 3.03. The zero-order chi connectivity index (χ0) is 15.5. The zero-order valence-corrected chi connectivity index (χ0v) is 10.8. The molecule has 0 aliphatic carbocycles. The number of ketones is 1. The molecule has 3 nitrogen and oxygen atoms in total. The Hall–Kier alpha value is -1.92. The number of benzene rings is 1. The second-order valence-electron chi connectivity index (χ2n) is 4.18. The molecular weight excluding hydrogens is 278 g/mol. The van der Waals surface area contributed by atoms with Crippen LogP contribution in [0.3, 0.4) is 0 Å². The van der Waals surface area contributed by atoms with Gasteiger partial charge in [0.2, 0.25) is 0 Å². The SMILES string of the molecule is CCC(=O)C(C)NC(=O)c1cccc(C(F)(F)F)c1F. The standard InChI is InChI=1S/C13H13F4NO2/c1-3-10(19)7(2)18-12(20)8-5-4-6-9(11(8)14)13(15,16)17/h4-7H,3H2,1-2H3,(H,18,20). The van der Waals surface area contributed by atoms with Crippen molar-refractivity contribution < 1.29 is 27.2 Å². The molecule has 110 valence electrons. The number of hydrogen-bond donors (Lipinski definition) is 1. The molecule has 1 aromatic carbocycles. The maximum Gasteiger partial charge on any atom is 0.419 e. The van der Waals surface area contributed by atoms with Gasteiger partial charge in [-0.2, -0.15) is 13.2 Å². The third-order valence-corrected chi connectivity index (χ3v) is 2.73. The average molecular weight is 291 g/mol. The first-order chi connectivity index (χ1) is 9.18. The van der Waals surface area contributed by atoms with Gasteiger partial charge >= 0.3 is 6.18 Å². The maximum atomic E-state index is 13.7. The van der Waals surface area contributed by atoms with Crippen LogP contribution >= 0.6 is 0 Å². The number of alkyl halides is 3. The minimum atomic E-state index is -4.88. The Morgan fingerprint density at radius 2 is 1.90 bits per heavy atom. The zero-order valence-electron chi connectivity index (χ0n) is 10.8. The molecule has 0 bridgehead atoms. The summed E-state index contributed by atoms with van der Waals surface area (Å²) in [4.78, 5) is 23.0. The number of hydrogen-bond acceptors (Lipinski definition) is 2. The summed E-state index contributed by atoms with van der Waals surface area (Å²) in [6, 6.07) is 1.53. The normalized spacial score (nSPS) is 12.9. The lowest BCUT2D eigenvalue weighted by molar-refractivity contribution is -0.140. The molecule has 1 N–H and O–H groups in total. The summed E-state index contributed by atoms with van der Waals surface area (Å²) in [5.74, 6) is -3.00. The lowest BCUT2D eigenvalue weighted by Gasteiger charge is -2.14. The first-order valence-electron chi connectivity index (χ1n) is 5.87. The summed E-state index contributed by atoms with van der Waals surface area (Å²) in [7, 11) is 0. The van der Waals surface area contributed by atoms with E-state index in [2.05, 4.69) is 5.32 Å². The molecule has 20 heavy (non-hydrogen) atoms. The summed E-state index contributed by atoms with van der Waals surface area (Å²) < 4.78 is 51.2. The van der Waals surface area contributed by atoms with Gasteiger partial charge < -0.3 is 5.32 Å². The highest BCUT2D eigenvalue weighted by Gasteiger charge is 2.35. The van der Waals surface area contributed by atoms with Crippen LogP contribution in [0, 0.1) is 5.82 Å². The van der Waals surface area contributed by atoms with Gasteiger partial charge in [-0.1, -0.05) is 13.0 Å². The van der Waals surface area contributed by atoms with E-state index >= 15 is 0 Å². The van der Waals surface area contributed by atoms with Crippen molar-refractivity contribution in [3.8, 4) is 0 Å². The first kappa shape index (κ1) is 16.1. The van der Waals surface area contributed by atoms with Crippen molar-refractivity contribution in [3.05, 3.63) is 35.1 Å². The van der Waals surface area contributed by atoms with Crippen molar-refractivity contribution >= 4 is 11.7 Å². The fraction of sp³-hybridized carbons (Fsp3) is 0.385. The van der Waals surface area contributed by atoms with E-state index in [1.807, 2.05) is 0 Å². The Bertz CT molecular complexity index is 526. The molecule has 0 saturated carbocycles. The molecule has 0 fully saturated rings. The van der Waals surface area contributed by atoms with Gasteiger partial charge in [-0.05, 0) is 19.1 Å². The molecule has 0 aliphatic heterocycles. The summed E-state index contributed by atoms with van der Waals surface area (Å²) >= 11 is 0. The summed E-state index contributed by atoms with van der Waals surface area (Å²) in [5.41, 5.74) is -2.25. The molecule has 1 amide bonds. The van der Waals surface area contributed by atoms with Crippen molar-refractivity contribution in [1.29, 1.82) is 0 Å². The Morgan fingerprint density at radius 3 is 2.40 bits per heavy atom. The predicted octanol–water partition coefficient (Wildman–Crippen LogP) is 2.94. The lowest BCUT2D eigenvalue weighted by Crippen LogP contribution is -2.38. The van der Waals surface area contributed by atoms with Crippen LogP contribution in [0.2, 0.25) is 0 Å². The molecule has 7 heteroatoms. The largest absolute Gasteiger partial charge is 0.419 e. The van der Waals surface area contributed by atoms with E-state index in [0.29, 0.717) is 6.07 Å². The Kier molecular flexibility index (Phi) is 4.86. The fourth-order valence-electron chi connectivity index (χ4n) is 1.59. The number of carbonyl (C=O) groups excluding carboxylic acids is 2. The van der Waals surface area contributed by atoms with E-state index in [0.717, 1.165) is 12.1 Å². The molecule has 0 aliphatic rings. The number of nitrogens with one attached hydrogen (secondary N) is 1. The highest BCUT2D eigenvalue weighted by atomic mass is 19.4. The predicted molar refractivity (Wildman–Crippen MR) is 63.6 cm³/mol. The van der Waals surface area contributed by atoms with Gasteiger partial charge in [-0.15, -0.1) is 0 Å². The van der Waals surface area contributed by atoms with Crippen LogP contribution in [0.1, 0.15) is 36.2 Å². The van der Waals surface area contributed by atoms with E-state index in [4.69, 9.17) is 0 Å². The van der Waals surface area contributed by atoms with Crippen LogP contribution in [-0.2, 0) is 11.0 Å². The Labute approximate surface area is 113 Å². The number of rotatable bonds is 4. The highest BCUT2D eigenvalue weighted by Crippen LogP contribution is 2.32. The van der Waals surface area contributed by atoms with Gasteiger partial charge in [0.15, 0.2) is 5.78 Å². The van der Waals surface area contributed by atoms with E-state index < -0.39 is 35.1 Å². The Morgan fingerprint density at radius 1 is 1.30 bits per heavy atom. The molecule has 0 aromatic heterocycles. The number of Topliss-reactive ketones (excluding diaryl/α,β-unsaturated/α-hetero) is 1. The smallest absolute Gasteiger partial charge is 0.342 e. The van der Waals surface area contributed by atoms with Gasteiger partial charge in [0.05, 0.1) is 17.2 Å². The van der Waals surface area contributed by atoms with Crippen LogP contribution in [-0.4, -0.2) is 17.7 Å². The quantitative estimate of drug-likeness (QED) is 0.867. The average Bonchev–Trinajstić information content (AvgIpc) is 2.36. The molecule has 1 aromatic rings. The third-order valence-electron chi connectivity index (χ3n) is 2.73. The van der Waals surface area contributed by atoms with Gasteiger partial charge in [-0.25, -0.2) is 4.39 Å². The fourth-order valence-corrected chi connectivity index (χ4v) is 1.59. The molecule has 0 spiro atoms. The van der Waals surface area contributed by atoms with Crippen LogP contribution in [0.5, 0.6) is 0 Å². The molecule has 0 radical (unpaired) electrons. The molecule has 0 saturated heterocycles. The van der Waals surface area contributed by atoms with Crippen molar-refractivity contribution in [2.24, 2.45) is 0 Å². The van der Waals surface area contributed by atoms with E-state index in [9.17, 15) is 27.2 Å². The van der Waals surface area contributed by atoms with Crippen molar-refractivity contribution in [2.75, 3.05) is 0 Å². The van der Waals surface area contributed by atoms with Crippen molar-refractivity contribution in [2.45, 2.75) is 32.5 Å². The van der Waals surface area contributed by atoms with Gasteiger partial charge in [0.25, 0.3) is 5.91 Å². The summed E-state index contributed by atoms with van der Waals surface area (Å²) in [5, 5.41) is 2.17. The van der Waals surface area contributed by atoms with E-state index in [1.54, 1.807) is 6.92 Å². The summed E-state index contributed by atoms with van der Waals surface area (Å²) in [6.45, 7) is 2.96. The number of halogens is 4. The minimum absolute atomic E-state index is 0.159. The van der Waals surface area contributed by atoms with Gasteiger partial charge in [0.1, 0.15) is 5.82 Å². The second kappa shape index (κ2) is 6.02. The van der Waals surface area contributed by atoms with Crippen LogP contribution < -0.4 is 5.32 Å². The van der Waals surface area contributed by atoms with Crippen LogP contribution in [0.25, 0.3) is 0 Å². The lowest BCUT2D eigenvalue weighted by atomic mass is 10.1. The van der Waals surface area contributed by atoms with Crippen LogP contribution in [0.15, 0.2) is 18.2 Å². The second-order valence-corrected chi connectivity index (χ2v) is 4.18. The highest BCUT2D eigenvalue weighted by molar-refractivity contribution is 5.98. The topological polar surface area (TPSA) is 46.2 Å². The van der Waals surface area contributed by atoms with Crippen molar-refractivity contribution in [1.82, 2.24) is 5.32 Å². The van der Waals surface area contributed by atoms with Crippen LogP contribution in [0.4, 0.5) is 17.6 Å². The third kappa shape index (κ3) is 3.55. The molecule has 1 atom stereocenters. The van der Waals surface area contributed by atoms with E-state index in [-0.39, 0.29) is 12.2 Å². The molecule has 1 rings (SSSR count). The van der Waals surface area contributed by atoms with Gasteiger partial charge in [-0.3, -0.25) is 9.59 Å². The monoisotopic (exact) mass is 291 g/mol. The van der Waals surface area contributed by atoms with Crippen molar-refractivity contribution in [3.63, 3.8) is 0 Å². The maximum absolute atomic E-state index is 13.7. The molecule has 0 heterocycles. The number of carbonyl (C=O) groups is 2. The molecular formula is C13H13F4NO2. The minimum Gasteiger partial charge on any atom is -0.342 e. The number of amides is 1. The molecule has 1 unspecified atom stereocenters.